The van der Waals surface area contributed by atoms with Gasteiger partial charge >= 0.3 is 0 Å². The summed E-state index contributed by atoms with van der Waals surface area (Å²) in [4.78, 5) is 15.2. The van der Waals surface area contributed by atoms with Crippen LogP contribution in [0.1, 0.15) is 64.7 Å². The molecule has 0 spiro atoms. The van der Waals surface area contributed by atoms with Gasteiger partial charge in [-0.15, -0.1) is 0 Å². The van der Waals surface area contributed by atoms with Crippen LogP contribution >= 0.6 is 11.8 Å². The van der Waals surface area contributed by atoms with Crippen LogP contribution in [0.4, 0.5) is 0 Å². The van der Waals surface area contributed by atoms with Gasteiger partial charge in [-0.25, -0.2) is 0 Å². The van der Waals surface area contributed by atoms with Crippen LogP contribution in [-0.4, -0.2) is 47.5 Å². The van der Waals surface area contributed by atoms with Crippen LogP contribution in [0.3, 0.4) is 0 Å². The van der Waals surface area contributed by atoms with E-state index >= 15 is 0 Å². The molecule has 0 aromatic heterocycles. The van der Waals surface area contributed by atoms with E-state index in [9.17, 15) is 4.79 Å². The van der Waals surface area contributed by atoms with E-state index in [4.69, 9.17) is 0 Å². The van der Waals surface area contributed by atoms with Gasteiger partial charge in [-0.2, -0.15) is 11.8 Å². The molecule has 3 nitrogen and oxygen atoms in total. The number of hydrogen-bond donors (Lipinski definition) is 1. The molecule has 1 heterocycles. The van der Waals surface area contributed by atoms with Crippen molar-refractivity contribution in [3.8, 4) is 0 Å². The first-order chi connectivity index (χ1) is 11.2. The van der Waals surface area contributed by atoms with Crippen LogP contribution in [-0.2, 0) is 4.79 Å². The second-order valence-corrected chi connectivity index (χ2v) is 9.37. The number of amides is 1. The van der Waals surface area contributed by atoms with Crippen molar-refractivity contribution in [1.29, 1.82) is 0 Å². The predicted octanol–water partition coefficient (Wildman–Crippen LogP) is 3.68. The normalized spacial score (nSPS) is 31.9. The molecule has 1 amide bonds. The Kier molecular flexibility index (Phi) is 6.31. The topological polar surface area (TPSA) is 32.3 Å². The highest BCUT2D eigenvalue weighted by atomic mass is 32.2. The number of carbonyl (C=O) groups is 1. The zero-order valence-corrected chi connectivity index (χ0v) is 15.6. The van der Waals surface area contributed by atoms with Gasteiger partial charge in [0.1, 0.15) is 0 Å². The van der Waals surface area contributed by atoms with Crippen molar-refractivity contribution < 1.29 is 4.79 Å². The molecule has 4 heteroatoms. The Hall–Kier alpha value is -0.220. The average Bonchev–Trinajstić information content (AvgIpc) is 3.04. The summed E-state index contributed by atoms with van der Waals surface area (Å²) in [5, 5.41) is 3.34. The maximum atomic E-state index is 12.5. The van der Waals surface area contributed by atoms with E-state index in [1.165, 1.54) is 76.0 Å². The van der Waals surface area contributed by atoms with Crippen LogP contribution in [0, 0.1) is 11.8 Å². The van der Waals surface area contributed by atoms with Crippen molar-refractivity contribution >= 4 is 17.7 Å². The first-order valence-electron chi connectivity index (χ1n) is 9.77. The standard InChI is InChI=1S/C19H34N2OS/c1-16-5-4-6-17(13-16)14-18(22)20-15-19(7-2-3-8-19)21-9-11-23-12-10-21/h16-17H,2-15H2,1H3,(H,20,22)/t16-,17+/m0/s1. The van der Waals surface area contributed by atoms with Gasteiger partial charge in [0, 0.05) is 43.1 Å². The van der Waals surface area contributed by atoms with Gasteiger partial charge in [0.25, 0.3) is 0 Å². The molecule has 0 unspecified atom stereocenters. The molecule has 1 N–H and O–H groups in total. The fourth-order valence-electron chi connectivity index (χ4n) is 5.02. The molecule has 23 heavy (non-hydrogen) atoms. The van der Waals surface area contributed by atoms with E-state index < -0.39 is 0 Å². The number of nitrogens with one attached hydrogen (secondary N) is 1. The lowest BCUT2D eigenvalue weighted by atomic mass is 9.80. The molecule has 0 aromatic carbocycles. The van der Waals surface area contributed by atoms with Crippen LogP contribution < -0.4 is 5.32 Å². The second-order valence-electron chi connectivity index (χ2n) is 8.15. The minimum atomic E-state index is 0.274. The van der Waals surface area contributed by atoms with Crippen molar-refractivity contribution in [3.63, 3.8) is 0 Å². The van der Waals surface area contributed by atoms with E-state index in [1.807, 2.05) is 0 Å². The Bertz CT molecular complexity index is 389. The van der Waals surface area contributed by atoms with Gasteiger partial charge < -0.3 is 5.32 Å². The summed E-state index contributed by atoms with van der Waals surface area (Å²) in [7, 11) is 0. The molecule has 2 aliphatic carbocycles. The number of nitrogens with zero attached hydrogens (tertiary/aromatic N) is 1. The Morgan fingerprint density at radius 3 is 2.61 bits per heavy atom. The van der Waals surface area contributed by atoms with Crippen molar-refractivity contribution in [3.05, 3.63) is 0 Å². The molecule has 132 valence electrons. The van der Waals surface area contributed by atoms with Crippen LogP contribution in [0.15, 0.2) is 0 Å². The predicted molar refractivity (Wildman–Crippen MR) is 98.8 cm³/mol. The highest BCUT2D eigenvalue weighted by molar-refractivity contribution is 7.99. The zero-order valence-electron chi connectivity index (χ0n) is 14.8. The minimum absolute atomic E-state index is 0.274. The molecule has 1 aliphatic heterocycles. The molecule has 3 fully saturated rings. The summed E-state index contributed by atoms with van der Waals surface area (Å²) in [6, 6.07) is 0. The van der Waals surface area contributed by atoms with Gasteiger partial charge in [-0.3, -0.25) is 9.69 Å². The lowest BCUT2D eigenvalue weighted by Crippen LogP contribution is -2.56. The molecular weight excluding hydrogens is 304 g/mol. The lowest BCUT2D eigenvalue weighted by molar-refractivity contribution is -0.123. The molecule has 0 bridgehead atoms. The quantitative estimate of drug-likeness (QED) is 0.830. The monoisotopic (exact) mass is 338 g/mol. The van der Waals surface area contributed by atoms with Crippen molar-refractivity contribution in [1.82, 2.24) is 10.2 Å². The van der Waals surface area contributed by atoms with Crippen molar-refractivity contribution in [2.45, 2.75) is 70.3 Å². The van der Waals surface area contributed by atoms with Gasteiger partial charge in [-0.1, -0.05) is 32.6 Å². The highest BCUT2D eigenvalue weighted by Crippen LogP contribution is 2.36. The number of rotatable bonds is 5. The lowest BCUT2D eigenvalue weighted by Gasteiger charge is -2.43. The highest BCUT2D eigenvalue weighted by Gasteiger charge is 2.40. The van der Waals surface area contributed by atoms with E-state index in [-0.39, 0.29) is 5.54 Å². The third kappa shape index (κ3) is 4.66. The molecular formula is C19H34N2OS. The molecule has 2 saturated carbocycles. The maximum Gasteiger partial charge on any atom is 0.220 e. The summed E-state index contributed by atoms with van der Waals surface area (Å²) < 4.78 is 0. The molecule has 1 saturated heterocycles. The molecule has 0 aromatic rings. The number of thioether (sulfide) groups is 1. The number of carbonyl (C=O) groups excluding carboxylic acids is 1. The molecule has 3 aliphatic rings. The average molecular weight is 339 g/mol. The van der Waals surface area contributed by atoms with Gasteiger partial charge in [0.2, 0.25) is 5.91 Å². The third-order valence-corrected chi connectivity index (χ3v) is 7.29. The van der Waals surface area contributed by atoms with E-state index in [1.54, 1.807) is 0 Å². The molecule has 0 radical (unpaired) electrons. The van der Waals surface area contributed by atoms with Crippen LogP contribution in [0.5, 0.6) is 0 Å². The summed E-state index contributed by atoms with van der Waals surface area (Å²) in [6.07, 6.45) is 11.2. The SMILES string of the molecule is C[C@H]1CCC[C@@H](CC(=O)NCC2(N3CCSCC3)CCCC2)C1. The Morgan fingerprint density at radius 2 is 1.91 bits per heavy atom. The summed E-state index contributed by atoms with van der Waals surface area (Å²) in [5.41, 5.74) is 0.274. The Labute approximate surface area is 146 Å². The summed E-state index contributed by atoms with van der Waals surface area (Å²) in [5.74, 6) is 4.27. The maximum absolute atomic E-state index is 12.5. The van der Waals surface area contributed by atoms with E-state index in [0.29, 0.717) is 11.8 Å². The fourth-order valence-corrected chi connectivity index (χ4v) is 5.92. The van der Waals surface area contributed by atoms with E-state index in [2.05, 4.69) is 28.9 Å². The smallest absolute Gasteiger partial charge is 0.220 e. The van der Waals surface area contributed by atoms with Crippen LogP contribution in [0.25, 0.3) is 0 Å². The van der Waals surface area contributed by atoms with E-state index in [0.717, 1.165) is 18.9 Å². The Morgan fingerprint density at radius 1 is 1.17 bits per heavy atom. The zero-order chi connectivity index (χ0) is 16.1. The first-order valence-corrected chi connectivity index (χ1v) is 10.9. The third-order valence-electron chi connectivity index (χ3n) is 6.35. The second kappa shape index (κ2) is 8.24. The Balaban J connectivity index is 1.49. The fraction of sp³-hybridized carbons (Fsp3) is 0.947. The first kappa shape index (κ1) is 17.6. The van der Waals surface area contributed by atoms with Crippen LogP contribution in [0.2, 0.25) is 0 Å². The summed E-state index contributed by atoms with van der Waals surface area (Å²) >= 11 is 2.07. The molecule has 3 rings (SSSR count). The van der Waals surface area contributed by atoms with Gasteiger partial charge in [0.15, 0.2) is 0 Å². The summed E-state index contributed by atoms with van der Waals surface area (Å²) in [6.45, 7) is 5.64. The largest absolute Gasteiger partial charge is 0.354 e. The molecule has 2 atom stereocenters. The number of hydrogen-bond acceptors (Lipinski definition) is 3. The minimum Gasteiger partial charge on any atom is -0.354 e. The van der Waals surface area contributed by atoms with Crippen molar-refractivity contribution in [2.75, 3.05) is 31.1 Å². The van der Waals surface area contributed by atoms with Gasteiger partial charge in [-0.05, 0) is 37.5 Å². The van der Waals surface area contributed by atoms with Gasteiger partial charge in [0.05, 0.1) is 0 Å². The van der Waals surface area contributed by atoms with Crippen molar-refractivity contribution in [2.24, 2.45) is 11.8 Å².